The van der Waals surface area contributed by atoms with Gasteiger partial charge in [0.05, 0.1) is 11.7 Å². The minimum atomic E-state index is 0.745. The summed E-state index contributed by atoms with van der Waals surface area (Å²) in [6.45, 7) is 2.08. The lowest BCUT2D eigenvalue weighted by Crippen LogP contribution is -1.95. The van der Waals surface area contributed by atoms with E-state index in [1.165, 1.54) is 5.56 Å². The van der Waals surface area contributed by atoms with Gasteiger partial charge in [-0.2, -0.15) is 5.10 Å². The molecule has 0 saturated carbocycles. The van der Waals surface area contributed by atoms with Gasteiger partial charge in [0, 0.05) is 15.4 Å². The molecule has 3 rings (SSSR count). The SMILES string of the molecule is Cc1cc(N/N=C\c2ccccc2Br)nc2ccccc12. The van der Waals surface area contributed by atoms with Crippen LogP contribution in [0.2, 0.25) is 0 Å². The molecule has 1 heterocycles. The van der Waals surface area contributed by atoms with Gasteiger partial charge in [-0.25, -0.2) is 4.98 Å². The molecule has 4 heteroatoms. The van der Waals surface area contributed by atoms with Crippen LogP contribution >= 0.6 is 15.9 Å². The topological polar surface area (TPSA) is 37.3 Å². The van der Waals surface area contributed by atoms with Crippen molar-refractivity contribution in [3.8, 4) is 0 Å². The molecule has 0 bridgehead atoms. The zero-order valence-corrected chi connectivity index (χ0v) is 13.1. The highest BCUT2D eigenvalue weighted by molar-refractivity contribution is 9.10. The quantitative estimate of drug-likeness (QED) is 0.552. The fourth-order valence-electron chi connectivity index (χ4n) is 2.15. The molecule has 3 nitrogen and oxygen atoms in total. The van der Waals surface area contributed by atoms with E-state index < -0.39 is 0 Å². The number of pyridine rings is 1. The number of benzene rings is 2. The molecule has 0 spiro atoms. The second kappa shape index (κ2) is 6.06. The summed E-state index contributed by atoms with van der Waals surface area (Å²) in [4.78, 5) is 4.55. The summed E-state index contributed by atoms with van der Waals surface area (Å²) in [5, 5.41) is 5.42. The Bertz CT molecular complexity index is 812. The maximum Gasteiger partial charge on any atom is 0.147 e. The molecular formula is C17H14BrN3. The molecule has 0 radical (unpaired) electrons. The zero-order valence-electron chi connectivity index (χ0n) is 11.5. The Kier molecular flexibility index (Phi) is 3.97. The van der Waals surface area contributed by atoms with E-state index in [2.05, 4.69) is 44.4 Å². The normalized spacial score (nSPS) is 11.1. The molecule has 1 aromatic heterocycles. The molecule has 0 amide bonds. The Hall–Kier alpha value is -2.20. The molecular weight excluding hydrogens is 326 g/mol. The van der Waals surface area contributed by atoms with Crippen molar-refractivity contribution in [1.82, 2.24) is 4.98 Å². The van der Waals surface area contributed by atoms with E-state index in [0.717, 1.165) is 26.8 Å². The van der Waals surface area contributed by atoms with Gasteiger partial charge in [0.15, 0.2) is 0 Å². The van der Waals surface area contributed by atoms with Crippen LogP contribution in [0, 0.1) is 6.92 Å². The number of para-hydroxylation sites is 1. The predicted octanol–water partition coefficient (Wildman–Crippen LogP) is 4.75. The van der Waals surface area contributed by atoms with Gasteiger partial charge in [-0.05, 0) is 30.7 Å². The predicted molar refractivity (Wildman–Crippen MR) is 91.8 cm³/mol. The molecule has 0 aliphatic rings. The van der Waals surface area contributed by atoms with Crippen LogP contribution in [0.25, 0.3) is 10.9 Å². The summed E-state index contributed by atoms with van der Waals surface area (Å²) < 4.78 is 1.01. The number of nitrogens with one attached hydrogen (secondary N) is 1. The maximum absolute atomic E-state index is 4.55. The molecule has 0 fully saturated rings. The summed E-state index contributed by atoms with van der Waals surface area (Å²) in [5.74, 6) is 0.745. The number of aryl methyl sites for hydroxylation is 1. The third kappa shape index (κ3) is 3.11. The van der Waals surface area contributed by atoms with Crippen molar-refractivity contribution < 1.29 is 0 Å². The van der Waals surface area contributed by atoms with Crippen LogP contribution < -0.4 is 5.43 Å². The number of nitrogens with zero attached hydrogens (tertiary/aromatic N) is 2. The van der Waals surface area contributed by atoms with Crippen molar-refractivity contribution in [3.63, 3.8) is 0 Å². The number of rotatable bonds is 3. The summed E-state index contributed by atoms with van der Waals surface area (Å²) in [6, 6.07) is 18.0. The first kappa shape index (κ1) is 13.8. The number of aromatic nitrogens is 1. The Morgan fingerprint density at radius 3 is 2.71 bits per heavy atom. The minimum absolute atomic E-state index is 0.745. The molecule has 0 unspecified atom stereocenters. The molecule has 21 heavy (non-hydrogen) atoms. The van der Waals surface area contributed by atoms with E-state index >= 15 is 0 Å². The molecule has 3 aromatic rings. The number of halogens is 1. The number of anilines is 1. The zero-order chi connectivity index (χ0) is 14.7. The van der Waals surface area contributed by atoms with Crippen LogP contribution in [-0.2, 0) is 0 Å². The van der Waals surface area contributed by atoms with Gasteiger partial charge < -0.3 is 0 Å². The summed E-state index contributed by atoms with van der Waals surface area (Å²) in [6.07, 6.45) is 1.77. The van der Waals surface area contributed by atoms with Gasteiger partial charge in [-0.3, -0.25) is 5.43 Å². The Labute approximate surface area is 131 Å². The molecule has 0 aliphatic carbocycles. The van der Waals surface area contributed by atoms with Crippen LogP contribution in [0.15, 0.2) is 64.2 Å². The van der Waals surface area contributed by atoms with Crippen LogP contribution in [0.1, 0.15) is 11.1 Å². The first-order valence-corrected chi connectivity index (χ1v) is 7.43. The van der Waals surface area contributed by atoms with E-state index in [0.29, 0.717) is 0 Å². The highest BCUT2D eigenvalue weighted by Gasteiger charge is 2.01. The first-order chi connectivity index (χ1) is 10.2. The molecule has 2 aromatic carbocycles. The van der Waals surface area contributed by atoms with E-state index in [-0.39, 0.29) is 0 Å². The lowest BCUT2D eigenvalue weighted by Gasteiger charge is -2.05. The highest BCUT2D eigenvalue weighted by atomic mass is 79.9. The average Bonchev–Trinajstić information content (AvgIpc) is 2.49. The van der Waals surface area contributed by atoms with E-state index in [9.17, 15) is 0 Å². The third-order valence-corrected chi connectivity index (χ3v) is 3.93. The fraction of sp³-hybridized carbons (Fsp3) is 0.0588. The van der Waals surface area contributed by atoms with Crippen LogP contribution in [0.5, 0.6) is 0 Å². The Balaban J connectivity index is 1.84. The standard InChI is InChI=1S/C17H14BrN3/c1-12-10-17(20-16-9-5-3-7-14(12)16)21-19-11-13-6-2-4-8-15(13)18/h2-11H,1H3,(H,20,21)/b19-11-. The van der Waals surface area contributed by atoms with E-state index in [1.807, 2.05) is 48.5 Å². The van der Waals surface area contributed by atoms with Gasteiger partial charge in [0.1, 0.15) is 5.82 Å². The molecule has 0 aliphatic heterocycles. The van der Waals surface area contributed by atoms with Crippen molar-refractivity contribution in [2.24, 2.45) is 5.10 Å². The summed E-state index contributed by atoms with van der Waals surface area (Å²) in [7, 11) is 0. The monoisotopic (exact) mass is 339 g/mol. The molecule has 104 valence electrons. The smallest absolute Gasteiger partial charge is 0.147 e. The van der Waals surface area contributed by atoms with Crippen molar-refractivity contribution >= 4 is 38.9 Å². The van der Waals surface area contributed by atoms with Gasteiger partial charge in [0.2, 0.25) is 0 Å². The van der Waals surface area contributed by atoms with Crippen molar-refractivity contribution in [3.05, 3.63) is 70.2 Å². The minimum Gasteiger partial charge on any atom is -0.261 e. The molecule has 0 saturated heterocycles. The lowest BCUT2D eigenvalue weighted by atomic mass is 10.1. The van der Waals surface area contributed by atoms with Crippen LogP contribution in [0.3, 0.4) is 0 Å². The van der Waals surface area contributed by atoms with Gasteiger partial charge in [0.25, 0.3) is 0 Å². The second-order valence-corrected chi connectivity index (χ2v) is 5.59. The van der Waals surface area contributed by atoms with Crippen molar-refractivity contribution in [1.29, 1.82) is 0 Å². The van der Waals surface area contributed by atoms with Crippen molar-refractivity contribution in [2.45, 2.75) is 6.92 Å². The Morgan fingerprint density at radius 2 is 1.86 bits per heavy atom. The number of fused-ring (bicyclic) bond motifs is 1. The van der Waals surface area contributed by atoms with Crippen molar-refractivity contribution in [2.75, 3.05) is 5.43 Å². The highest BCUT2D eigenvalue weighted by Crippen LogP contribution is 2.20. The Morgan fingerprint density at radius 1 is 1.10 bits per heavy atom. The summed E-state index contributed by atoms with van der Waals surface area (Å²) >= 11 is 3.49. The van der Waals surface area contributed by atoms with Gasteiger partial charge in [-0.1, -0.05) is 52.3 Å². The second-order valence-electron chi connectivity index (χ2n) is 4.73. The lowest BCUT2D eigenvalue weighted by molar-refractivity contribution is 1.25. The first-order valence-electron chi connectivity index (χ1n) is 6.64. The van der Waals surface area contributed by atoms with Gasteiger partial charge >= 0.3 is 0 Å². The fourth-order valence-corrected chi connectivity index (χ4v) is 2.54. The maximum atomic E-state index is 4.55. The average molecular weight is 340 g/mol. The molecule has 0 atom stereocenters. The molecule has 1 N–H and O–H groups in total. The number of hydrazone groups is 1. The third-order valence-electron chi connectivity index (χ3n) is 3.21. The number of hydrogen-bond donors (Lipinski definition) is 1. The van der Waals surface area contributed by atoms with E-state index in [1.54, 1.807) is 6.21 Å². The number of hydrogen-bond acceptors (Lipinski definition) is 3. The van der Waals surface area contributed by atoms with Gasteiger partial charge in [-0.15, -0.1) is 0 Å². The van der Waals surface area contributed by atoms with E-state index in [4.69, 9.17) is 0 Å². The van der Waals surface area contributed by atoms with Crippen LogP contribution in [0.4, 0.5) is 5.82 Å². The van der Waals surface area contributed by atoms with Crippen LogP contribution in [-0.4, -0.2) is 11.2 Å². The summed E-state index contributed by atoms with van der Waals surface area (Å²) in [5.41, 5.74) is 6.16. The largest absolute Gasteiger partial charge is 0.261 e.